The Labute approximate surface area is 81.8 Å². The summed E-state index contributed by atoms with van der Waals surface area (Å²) in [6, 6.07) is 0. The summed E-state index contributed by atoms with van der Waals surface area (Å²) in [5.74, 6) is 0.388. The first kappa shape index (κ1) is 10.3. The number of rotatable bonds is 3. The van der Waals surface area contributed by atoms with Gasteiger partial charge in [0.1, 0.15) is 12.2 Å². The van der Waals surface area contributed by atoms with Crippen molar-refractivity contribution in [3.05, 3.63) is 0 Å². The average molecular weight is 205 g/mol. The minimum Gasteiger partial charge on any atom is -0.372 e. The van der Waals surface area contributed by atoms with Gasteiger partial charge in [0.15, 0.2) is 0 Å². The maximum Gasteiger partial charge on any atom is 0.136 e. The van der Waals surface area contributed by atoms with Crippen molar-refractivity contribution in [3.63, 3.8) is 0 Å². The van der Waals surface area contributed by atoms with E-state index in [9.17, 15) is 0 Å². The monoisotopic (exact) mass is 205 g/mol. The molecule has 0 radical (unpaired) electrons. The fraction of sp³-hybridized carbons (Fsp3) is 1.00. The number of ether oxygens (including phenoxy) is 2. The Bertz CT molecular complexity index is 200. The summed E-state index contributed by atoms with van der Waals surface area (Å²) in [6.07, 6.45) is 0.425. The molecule has 82 valence electrons. The Morgan fingerprint density at radius 1 is 1.29 bits per heavy atom. The summed E-state index contributed by atoms with van der Waals surface area (Å²) in [7, 11) is 0. The smallest absolute Gasteiger partial charge is 0.136 e. The van der Waals surface area contributed by atoms with E-state index in [1.807, 2.05) is 0 Å². The molecule has 1 unspecified atom stereocenters. The summed E-state index contributed by atoms with van der Waals surface area (Å²) < 4.78 is 11.0. The van der Waals surface area contributed by atoms with Crippen molar-refractivity contribution in [3.8, 4) is 0 Å². The van der Waals surface area contributed by atoms with E-state index in [1.165, 1.54) is 0 Å². The van der Waals surface area contributed by atoms with Crippen LogP contribution in [0.4, 0.5) is 0 Å². The molecule has 6 heteroatoms. The van der Waals surface area contributed by atoms with Crippen LogP contribution >= 0.6 is 0 Å². The van der Waals surface area contributed by atoms with E-state index in [4.69, 9.17) is 24.7 Å². The first-order chi connectivity index (χ1) is 6.72. The molecule has 2 aliphatic heterocycles. The van der Waals surface area contributed by atoms with Crippen molar-refractivity contribution in [1.29, 1.82) is 0 Å². The lowest BCUT2D eigenvalue weighted by Crippen LogP contribution is -2.35. The van der Waals surface area contributed by atoms with Crippen molar-refractivity contribution in [2.45, 2.75) is 31.7 Å². The fourth-order valence-electron chi connectivity index (χ4n) is 2.10. The van der Waals surface area contributed by atoms with Gasteiger partial charge in [-0.15, -0.1) is 0 Å². The third-order valence-electron chi connectivity index (χ3n) is 2.86. The van der Waals surface area contributed by atoms with E-state index < -0.39 is 6.10 Å². The van der Waals surface area contributed by atoms with Crippen LogP contribution < -0.4 is 0 Å². The molecule has 0 aromatic carbocycles. The molecule has 6 nitrogen and oxygen atoms in total. The third kappa shape index (κ3) is 1.77. The summed E-state index contributed by atoms with van der Waals surface area (Å²) in [5.41, 5.74) is 0. The first-order valence-electron chi connectivity index (χ1n) is 4.80. The molecular weight excluding hydrogens is 190 g/mol. The van der Waals surface area contributed by atoms with Crippen LogP contribution in [0.25, 0.3) is 0 Å². The van der Waals surface area contributed by atoms with Crippen LogP contribution in [0, 0.1) is 5.92 Å². The molecule has 0 amide bonds. The highest BCUT2D eigenvalue weighted by molar-refractivity contribution is 4.93. The molecule has 0 aromatic heterocycles. The molecule has 0 saturated carbocycles. The molecule has 2 N–H and O–H groups in total. The minimum atomic E-state index is -0.424. The maximum atomic E-state index is 8.51. The van der Waals surface area contributed by atoms with Gasteiger partial charge in [0.2, 0.25) is 0 Å². The number of nitrogens with zero attached hydrogens (tertiary/aromatic N) is 1. The Morgan fingerprint density at radius 3 is 2.64 bits per heavy atom. The molecule has 2 rings (SSSR count). The first-order valence-corrected chi connectivity index (χ1v) is 4.80. The standard InChI is InChI=1S/C8H15NO5/c1-2-5-3-12-8-6(14-9(10)11)4-13-7(5)8/h5-8,10-11H,2-4H2,1H3/t5?,6-,7-,8-/m1/s1. The molecule has 14 heavy (non-hydrogen) atoms. The number of hydrogen-bond acceptors (Lipinski definition) is 6. The largest absolute Gasteiger partial charge is 0.372 e. The number of hydrogen-bond donors (Lipinski definition) is 2. The summed E-state index contributed by atoms with van der Waals surface area (Å²) in [5, 5.41) is 16.7. The van der Waals surface area contributed by atoms with Gasteiger partial charge >= 0.3 is 0 Å². The topological polar surface area (TPSA) is 71.4 Å². The number of fused-ring (bicyclic) bond motifs is 1. The van der Waals surface area contributed by atoms with E-state index in [-0.39, 0.29) is 17.6 Å². The van der Waals surface area contributed by atoms with Gasteiger partial charge in [-0.1, -0.05) is 6.92 Å². The highest BCUT2D eigenvalue weighted by atomic mass is 17.1. The molecule has 0 bridgehead atoms. The second-order valence-corrected chi connectivity index (χ2v) is 3.66. The molecule has 2 fully saturated rings. The van der Waals surface area contributed by atoms with Crippen molar-refractivity contribution in [1.82, 2.24) is 5.39 Å². The van der Waals surface area contributed by atoms with Gasteiger partial charge in [0.05, 0.1) is 24.7 Å². The van der Waals surface area contributed by atoms with Crippen molar-refractivity contribution in [2.24, 2.45) is 5.92 Å². The zero-order chi connectivity index (χ0) is 10.1. The third-order valence-corrected chi connectivity index (χ3v) is 2.86. The van der Waals surface area contributed by atoms with Gasteiger partial charge in [0, 0.05) is 5.92 Å². The van der Waals surface area contributed by atoms with Crippen LogP contribution in [-0.4, -0.2) is 47.3 Å². The van der Waals surface area contributed by atoms with E-state index in [0.29, 0.717) is 19.1 Å². The van der Waals surface area contributed by atoms with Crippen molar-refractivity contribution >= 4 is 0 Å². The van der Waals surface area contributed by atoms with E-state index in [0.717, 1.165) is 6.42 Å². The predicted octanol–water partition coefficient (Wildman–Crippen LogP) is 0.191. The van der Waals surface area contributed by atoms with Crippen LogP contribution in [0.1, 0.15) is 13.3 Å². The van der Waals surface area contributed by atoms with E-state index in [2.05, 4.69) is 6.92 Å². The van der Waals surface area contributed by atoms with Gasteiger partial charge < -0.3 is 9.47 Å². The SMILES string of the molecule is CCC1CO[C@H]2[C@@H]1OC[C@H]2ON(O)O. The van der Waals surface area contributed by atoms with Crippen LogP contribution in [0.3, 0.4) is 0 Å². The highest BCUT2D eigenvalue weighted by Crippen LogP contribution is 2.34. The molecule has 0 spiro atoms. The van der Waals surface area contributed by atoms with E-state index >= 15 is 0 Å². The second kappa shape index (κ2) is 4.09. The molecule has 0 aromatic rings. The van der Waals surface area contributed by atoms with Gasteiger partial charge in [0.25, 0.3) is 0 Å². The van der Waals surface area contributed by atoms with Gasteiger partial charge in [-0.25, -0.2) is 4.84 Å². The predicted molar refractivity (Wildman–Crippen MR) is 43.5 cm³/mol. The lowest BCUT2D eigenvalue weighted by Gasteiger charge is -2.17. The van der Waals surface area contributed by atoms with Crippen molar-refractivity contribution < 1.29 is 24.7 Å². The normalized spacial score (nSPS) is 42.0. The molecular formula is C8H15NO5. The van der Waals surface area contributed by atoms with Crippen molar-refractivity contribution in [2.75, 3.05) is 13.2 Å². The maximum absolute atomic E-state index is 8.51. The lowest BCUT2D eigenvalue weighted by atomic mass is 9.99. The lowest BCUT2D eigenvalue weighted by molar-refractivity contribution is -0.507. The van der Waals surface area contributed by atoms with E-state index in [1.54, 1.807) is 0 Å². The average Bonchev–Trinajstić information content (AvgIpc) is 2.67. The summed E-state index contributed by atoms with van der Waals surface area (Å²) >= 11 is 0. The van der Waals surface area contributed by atoms with Crippen LogP contribution in [-0.2, 0) is 14.3 Å². The van der Waals surface area contributed by atoms with Crippen LogP contribution in [0.15, 0.2) is 0 Å². The molecule has 2 heterocycles. The fourth-order valence-corrected chi connectivity index (χ4v) is 2.10. The second-order valence-electron chi connectivity index (χ2n) is 3.66. The Kier molecular flexibility index (Phi) is 3.01. The molecule has 4 atom stereocenters. The Morgan fingerprint density at radius 2 is 2.00 bits per heavy atom. The quantitative estimate of drug-likeness (QED) is 0.641. The van der Waals surface area contributed by atoms with Crippen LogP contribution in [0.5, 0.6) is 0 Å². The Hall–Kier alpha value is -0.240. The van der Waals surface area contributed by atoms with Gasteiger partial charge in [-0.3, -0.25) is 10.4 Å². The zero-order valence-corrected chi connectivity index (χ0v) is 8.00. The highest BCUT2D eigenvalue weighted by Gasteiger charge is 2.48. The molecule has 2 saturated heterocycles. The molecule has 0 aliphatic carbocycles. The summed E-state index contributed by atoms with van der Waals surface area (Å²) in [4.78, 5) is 4.71. The summed E-state index contributed by atoms with van der Waals surface area (Å²) in [6.45, 7) is 3.07. The molecule has 2 aliphatic rings. The Balaban J connectivity index is 1.94. The zero-order valence-electron chi connectivity index (χ0n) is 8.00. The van der Waals surface area contributed by atoms with Gasteiger partial charge in [-0.2, -0.15) is 0 Å². The van der Waals surface area contributed by atoms with Crippen LogP contribution in [0.2, 0.25) is 0 Å². The van der Waals surface area contributed by atoms with Gasteiger partial charge in [-0.05, 0) is 6.42 Å². The minimum absolute atomic E-state index is 0.0324.